The summed E-state index contributed by atoms with van der Waals surface area (Å²) in [5.41, 5.74) is 3.29. The summed E-state index contributed by atoms with van der Waals surface area (Å²) in [6, 6.07) is 13.1. The molecule has 0 unspecified atom stereocenters. The van der Waals surface area contributed by atoms with Crippen LogP contribution in [0.15, 0.2) is 47.8 Å². The highest BCUT2D eigenvalue weighted by molar-refractivity contribution is 7.13. The van der Waals surface area contributed by atoms with Gasteiger partial charge in [0.15, 0.2) is 16.6 Å². The van der Waals surface area contributed by atoms with E-state index in [0.717, 1.165) is 10.8 Å². The van der Waals surface area contributed by atoms with E-state index in [2.05, 4.69) is 10.3 Å². The molecule has 138 valence electrons. The molecule has 1 aliphatic heterocycles. The predicted octanol–water partition coefficient (Wildman–Crippen LogP) is 4.32. The lowest BCUT2D eigenvalue weighted by Crippen LogP contribution is -2.16. The summed E-state index contributed by atoms with van der Waals surface area (Å²) >= 11 is 1.46. The van der Waals surface area contributed by atoms with Gasteiger partial charge >= 0.3 is 5.97 Å². The Morgan fingerprint density at radius 3 is 2.74 bits per heavy atom. The monoisotopic (exact) mass is 382 g/mol. The number of aryl methyl sites for hydroxylation is 1. The first kappa shape index (κ1) is 17.4. The van der Waals surface area contributed by atoms with Crippen LogP contribution in [0, 0.1) is 6.92 Å². The van der Waals surface area contributed by atoms with Crippen LogP contribution >= 0.6 is 11.3 Å². The van der Waals surface area contributed by atoms with Crippen LogP contribution in [0.1, 0.15) is 21.6 Å². The van der Waals surface area contributed by atoms with Crippen molar-refractivity contribution in [3.8, 4) is 11.5 Å². The van der Waals surface area contributed by atoms with Gasteiger partial charge < -0.3 is 19.5 Å². The van der Waals surface area contributed by atoms with Gasteiger partial charge in [-0.05, 0) is 37.3 Å². The molecule has 3 aromatic rings. The molecule has 0 bridgehead atoms. The van der Waals surface area contributed by atoms with E-state index in [0.29, 0.717) is 36.0 Å². The SMILES string of the molecule is Cc1ccc(Nc2nc(COC(=O)c3ccc4c(c3)OCCO4)cs2)cc1. The second-order valence-electron chi connectivity index (χ2n) is 6.07. The number of hydrogen-bond acceptors (Lipinski definition) is 7. The number of thiazole rings is 1. The van der Waals surface area contributed by atoms with Crippen molar-refractivity contribution in [1.82, 2.24) is 4.98 Å². The van der Waals surface area contributed by atoms with Gasteiger partial charge in [-0.15, -0.1) is 11.3 Å². The Labute approximate surface area is 160 Å². The minimum Gasteiger partial charge on any atom is -0.486 e. The van der Waals surface area contributed by atoms with Crippen molar-refractivity contribution in [2.24, 2.45) is 0 Å². The lowest BCUT2D eigenvalue weighted by Gasteiger charge is -2.18. The summed E-state index contributed by atoms with van der Waals surface area (Å²) in [4.78, 5) is 16.7. The lowest BCUT2D eigenvalue weighted by atomic mass is 10.2. The zero-order valence-corrected chi connectivity index (χ0v) is 15.5. The maximum atomic E-state index is 12.3. The molecule has 1 aromatic heterocycles. The zero-order valence-electron chi connectivity index (χ0n) is 14.7. The van der Waals surface area contributed by atoms with E-state index >= 15 is 0 Å². The number of hydrogen-bond donors (Lipinski definition) is 1. The Hall–Kier alpha value is -3.06. The summed E-state index contributed by atoms with van der Waals surface area (Å²) in [7, 11) is 0. The normalized spacial score (nSPS) is 12.5. The van der Waals surface area contributed by atoms with Crippen molar-refractivity contribution in [2.45, 2.75) is 13.5 Å². The van der Waals surface area contributed by atoms with Crippen molar-refractivity contribution in [2.75, 3.05) is 18.5 Å². The van der Waals surface area contributed by atoms with Gasteiger partial charge in [-0.25, -0.2) is 9.78 Å². The highest BCUT2D eigenvalue weighted by Crippen LogP contribution is 2.31. The third kappa shape index (κ3) is 4.20. The molecule has 1 aliphatic rings. The van der Waals surface area contributed by atoms with E-state index in [1.165, 1.54) is 16.9 Å². The number of carbonyl (C=O) groups excluding carboxylic acids is 1. The van der Waals surface area contributed by atoms with Crippen LogP contribution in [0.3, 0.4) is 0 Å². The average molecular weight is 382 g/mol. The number of nitrogens with zero attached hydrogens (tertiary/aromatic N) is 1. The molecule has 0 spiro atoms. The first-order valence-electron chi connectivity index (χ1n) is 8.52. The van der Waals surface area contributed by atoms with E-state index in [1.54, 1.807) is 18.2 Å². The van der Waals surface area contributed by atoms with E-state index in [-0.39, 0.29) is 6.61 Å². The molecule has 1 N–H and O–H groups in total. The molecular formula is C20H18N2O4S. The largest absolute Gasteiger partial charge is 0.486 e. The number of fused-ring (bicyclic) bond motifs is 1. The molecule has 0 radical (unpaired) electrons. The average Bonchev–Trinajstić information content (AvgIpc) is 3.15. The molecule has 4 rings (SSSR count). The highest BCUT2D eigenvalue weighted by Gasteiger charge is 2.16. The Morgan fingerprint density at radius 1 is 1.15 bits per heavy atom. The second-order valence-corrected chi connectivity index (χ2v) is 6.93. The van der Waals surface area contributed by atoms with Crippen LogP contribution in [0.5, 0.6) is 11.5 Å². The number of nitrogens with one attached hydrogen (secondary N) is 1. The van der Waals surface area contributed by atoms with Gasteiger partial charge in [-0.3, -0.25) is 0 Å². The number of rotatable bonds is 5. The fraction of sp³-hybridized carbons (Fsp3) is 0.200. The molecule has 0 atom stereocenters. The smallest absolute Gasteiger partial charge is 0.338 e. The highest BCUT2D eigenvalue weighted by atomic mass is 32.1. The molecule has 0 saturated heterocycles. The Kier molecular flexibility index (Phi) is 4.93. The fourth-order valence-electron chi connectivity index (χ4n) is 2.58. The number of anilines is 2. The molecule has 2 heterocycles. The Bertz CT molecular complexity index is 953. The van der Waals surface area contributed by atoms with Crippen LogP contribution in [-0.2, 0) is 11.3 Å². The lowest BCUT2D eigenvalue weighted by molar-refractivity contribution is 0.0467. The van der Waals surface area contributed by atoms with Crippen molar-refractivity contribution in [1.29, 1.82) is 0 Å². The van der Waals surface area contributed by atoms with Crippen molar-refractivity contribution in [3.63, 3.8) is 0 Å². The summed E-state index contributed by atoms with van der Waals surface area (Å²) in [5, 5.41) is 5.86. The van der Waals surface area contributed by atoms with E-state index in [4.69, 9.17) is 14.2 Å². The minimum atomic E-state index is -0.423. The number of aromatic nitrogens is 1. The number of benzene rings is 2. The quantitative estimate of drug-likeness (QED) is 0.663. The molecule has 2 aromatic carbocycles. The Balaban J connectivity index is 1.35. The van der Waals surface area contributed by atoms with E-state index in [9.17, 15) is 4.79 Å². The van der Waals surface area contributed by atoms with Gasteiger partial charge in [-0.1, -0.05) is 17.7 Å². The molecular weight excluding hydrogens is 364 g/mol. The van der Waals surface area contributed by atoms with Gasteiger partial charge in [0.2, 0.25) is 0 Å². The van der Waals surface area contributed by atoms with Crippen LogP contribution in [0.4, 0.5) is 10.8 Å². The zero-order chi connectivity index (χ0) is 18.6. The third-order valence-electron chi connectivity index (χ3n) is 3.98. The molecule has 0 fully saturated rings. The topological polar surface area (TPSA) is 69.7 Å². The van der Waals surface area contributed by atoms with Crippen LogP contribution in [-0.4, -0.2) is 24.2 Å². The van der Waals surface area contributed by atoms with Crippen molar-refractivity contribution >= 4 is 28.1 Å². The number of carbonyl (C=O) groups is 1. The molecule has 0 aliphatic carbocycles. The minimum absolute atomic E-state index is 0.110. The van der Waals surface area contributed by atoms with Gasteiger partial charge in [0.1, 0.15) is 19.8 Å². The summed E-state index contributed by atoms with van der Waals surface area (Å²) in [5.74, 6) is 0.783. The predicted molar refractivity (Wildman–Crippen MR) is 103 cm³/mol. The maximum absolute atomic E-state index is 12.3. The van der Waals surface area contributed by atoms with Gasteiger partial charge in [0.05, 0.1) is 11.3 Å². The van der Waals surface area contributed by atoms with Crippen LogP contribution in [0.2, 0.25) is 0 Å². The molecule has 0 saturated carbocycles. The van der Waals surface area contributed by atoms with Crippen molar-refractivity contribution in [3.05, 3.63) is 64.7 Å². The van der Waals surface area contributed by atoms with Crippen LogP contribution in [0.25, 0.3) is 0 Å². The number of esters is 1. The van der Waals surface area contributed by atoms with Gasteiger partial charge in [0.25, 0.3) is 0 Å². The Morgan fingerprint density at radius 2 is 1.93 bits per heavy atom. The van der Waals surface area contributed by atoms with Crippen LogP contribution < -0.4 is 14.8 Å². The molecule has 7 heteroatoms. The third-order valence-corrected chi connectivity index (χ3v) is 4.79. The summed E-state index contributed by atoms with van der Waals surface area (Å²) in [6.07, 6.45) is 0. The second kappa shape index (κ2) is 7.67. The van der Waals surface area contributed by atoms with Gasteiger partial charge in [0, 0.05) is 11.1 Å². The van der Waals surface area contributed by atoms with Gasteiger partial charge in [-0.2, -0.15) is 0 Å². The first-order valence-corrected chi connectivity index (χ1v) is 9.40. The molecule has 27 heavy (non-hydrogen) atoms. The standard InChI is InChI=1S/C20H18N2O4S/c1-13-2-5-15(6-3-13)21-20-22-16(12-27-20)11-26-19(23)14-4-7-17-18(10-14)25-9-8-24-17/h2-7,10,12H,8-9,11H2,1H3,(H,21,22). The number of ether oxygens (including phenoxy) is 3. The first-order chi connectivity index (χ1) is 13.2. The summed E-state index contributed by atoms with van der Waals surface area (Å²) in [6.45, 7) is 3.14. The van der Waals surface area contributed by atoms with E-state index in [1.807, 2.05) is 36.6 Å². The fourth-order valence-corrected chi connectivity index (χ4v) is 3.30. The maximum Gasteiger partial charge on any atom is 0.338 e. The van der Waals surface area contributed by atoms with Crippen molar-refractivity contribution < 1.29 is 19.0 Å². The molecule has 6 nitrogen and oxygen atoms in total. The summed E-state index contributed by atoms with van der Waals surface area (Å²) < 4.78 is 16.3. The van der Waals surface area contributed by atoms with E-state index < -0.39 is 5.97 Å². The molecule has 0 amide bonds.